The number of hydrogen-bond donors (Lipinski definition) is 2. The predicted octanol–water partition coefficient (Wildman–Crippen LogP) is 2.42. The zero-order chi connectivity index (χ0) is 19.5. The van der Waals surface area contributed by atoms with Gasteiger partial charge in [0.1, 0.15) is 6.04 Å². The van der Waals surface area contributed by atoms with E-state index in [-0.39, 0.29) is 23.3 Å². The highest BCUT2D eigenvalue weighted by molar-refractivity contribution is 5.98. The van der Waals surface area contributed by atoms with Crippen molar-refractivity contribution >= 4 is 11.8 Å². The van der Waals surface area contributed by atoms with E-state index in [4.69, 9.17) is 0 Å². The molecule has 0 aliphatic carbocycles. The molecule has 1 unspecified atom stereocenters. The maximum Gasteiger partial charge on any atom is 0.255 e. The second-order valence-electron chi connectivity index (χ2n) is 7.63. The molecule has 26 heavy (non-hydrogen) atoms. The van der Waals surface area contributed by atoms with E-state index in [1.165, 1.54) is 6.20 Å². The number of rotatable bonds is 5. The van der Waals surface area contributed by atoms with Gasteiger partial charge in [-0.2, -0.15) is 5.10 Å². The molecule has 2 rings (SSSR count). The van der Waals surface area contributed by atoms with E-state index >= 15 is 0 Å². The molecule has 0 aliphatic rings. The van der Waals surface area contributed by atoms with Crippen LogP contribution in [0.4, 0.5) is 0 Å². The summed E-state index contributed by atoms with van der Waals surface area (Å²) < 4.78 is 1.67. The third kappa shape index (κ3) is 4.68. The zero-order valence-corrected chi connectivity index (χ0v) is 16.2. The summed E-state index contributed by atoms with van der Waals surface area (Å²) in [4.78, 5) is 29.2. The van der Waals surface area contributed by atoms with Gasteiger partial charge in [0.05, 0.1) is 17.5 Å². The first-order valence-electron chi connectivity index (χ1n) is 8.72. The summed E-state index contributed by atoms with van der Waals surface area (Å²) in [5, 5.41) is 9.95. The van der Waals surface area contributed by atoms with Crippen LogP contribution in [0, 0.1) is 0 Å². The Kier molecular flexibility index (Phi) is 5.79. The maximum atomic E-state index is 12.7. The maximum absolute atomic E-state index is 12.7. The van der Waals surface area contributed by atoms with Crippen LogP contribution in [0.25, 0.3) is 5.82 Å². The molecule has 7 nitrogen and oxygen atoms in total. The molecule has 0 saturated carbocycles. The SMILES string of the molecule is CC(NC(=O)c1cnn(-c2ccccn2)c1C(C)C)C(=O)NC(C)(C)C. The Morgan fingerprint density at radius 3 is 2.38 bits per heavy atom. The number of pyridine rings is 1. The monoisotopic (exact) mass is 357 g/mol. The number of hydrogen-bond acceptors (Lipinski definition) is 4. The van der Waals surface area contributed by atoms with Crippen LogP contribution >= 0.6 is 0 Å². The lowest BCUT2D eigenvalue weighted by Gasteiger charge is -2.23. The van der Waals surface area contributed by atoms with Crippen LogP contribution in [0.15, 0.2) is 30.6 Å². The van der Waals surface area contributed by atoms with Crippen LogP contribution in [0.3, 0.4) is 0 Å². The number of carbonyl (C=O) groups is 2. The second kappa shape index (κ2) is 7.68. The molecular weight excluding hydrogens is 330 g/mol. The summed E-state index contributed by atoms with van der Waals surface area (Å²) in [5.41, 5.74) is 0.842. The first kappa shape index (κ1) is 19.6. The molecule has 0 radical (unpaired) electrons. The molecule has 0 aliphatic heterocycles. The quantitative estimate of drug-likeness (QED) is 0.860. The van der Waals surface area contributed by atoms with Crippen LogP contribution in [0.5, 0.6) is 0 Å². The van der Waals surface area contributed by atoms with E-state index in [0.717, 1.165) is 5.69 Å². The number of amides is 2. The third-order valence-corrected chi connectivity index (χ3v) is 3.70. The van der Waals surface area contributed by atoms with Gasteiger partial charge < -0.3 is 10.6 Å². The third-order valence-electron chi connectivity index (χ3n) is 3.70. The van der Waals surface area contributed by atoms with Crippen molar-refractivity contribution in [2.75, 3.05) is 0 Å². The average Bonchev–Trinajstić information content (AvgIpc) is 2.99. The van der Waals surface area contributed by atoms with Gasteiger partial charge in [-0.1, -0.05) is 19.9 Å². The van der Waals surface area contributed by atoms with Crippen molar-refractivity contribution in [2.24, 2.45) is 0 Å². The Labute approximate surface area is 154 Å². The highest BCUT2D eigenvalue weighted by Crippen LogP contribution is 2.22. The van der Waals surface area contributed by atoms with E-state index in [9.17, 15) is 9.59 Å². The summed E-state index contributed by atoms with van der Waals surface area (Å²) in [6.45, 7) is 11.3. The van der Waals surface area contributed by atoms with Gasteiger partial charge in [-0.3, -0.25) is 9.59 Å². The van der Waals surface area contributed by atoms with Crippen molar-refractivity contribution in [2.45, 2.75) is 59.0 Å². The van der Waals surface area contributed by atoms with Crippen LogP contribution in [-0.2, 0) is 4.79 Å². The first-order chi connectivity index (χ1) is 12.1. The standard InChI is InChI=1S/C19H27N5O2/c1-12(2)16-14(11-21-24(16)15-9-7-8-10-20-15)18(26)22-13(3)17(25)23-19(4,5)6/h7-13H,1-6H3,(H,22,26)(H,23,25). The minimum atomic E-state index is -0.653. The summed E-state index contributed by atoms with van der Waals surface area (Å²) in [6.07, 6.45) is 3.20. The molecule has 2 N–H and O–H groups in total. The van der Waals surface area contributed by atoms with Gasteiger partial charge in [0.15, 0.2) is 5.82 Å². The van der Waals surface area contributed by atoms with Crippen LogP contribution in [-0.4, -0.2) is 38.2 Å². The van der Waals surface area contributed by atoms with E-state index in [1.807, 2.05) is 52.8 Å². The molecule has 0 aromatic carbocycles. The van der Waals surface area contributed by atoms with E-state index in [1.54, 1.807) is 17.8 Å². The Morgan fingerprint density at radius 2 is 1.85 bits per heavy atom. The molecule has 0 spiro atoms. The fraction of sp³-hybridized carbons (Fsp3) is 0.474. The molecule has 2 aromatic heterocycles. The lowest BCUT2D eigenvalue weighted by atomic mass is 10.0. The van der Waals surface area contributed by atoms with Gasteiger partial charge in [0.2, 0.25) is 5.91 Å². The molecule has 0 saturated heterocycles. The number of nitrogens with one attached hydrogen (secondary N) is 2. The molecule has 2 amide bonds. The predicted molar refractivity (Wildman–Crippen MR) is 100 cm³/mol. The van der Waals surface area contributed by atoms with Crippen LogP contribution < -0.4 is 10.6 Å². The molecule has 0 fully saturated rings. The molecule has 140 valence electrons. The Bertz CT molecular complexity index is 775. The van der Waals surface area contributed by atoms with E-state index in [2.05, 4.69) is 20.7 Å². The van der Waals surface area contributed by atoms with Crippen molar-refractivity contribution in [3.05, 3.63) is 41.9 Å². The Morgan fingerprint density at radius 1 is 1.15 bits per heavy atom. The minimum Gasteiger partial charge on any atom is -0.350 e. The topological polar surface area (TPSA) is 88.9 Å². The van der Waals surface area contributed by atoms with Gasteiger partial charge in [-0.15, -0.1) is 0 Å². The highest BCUT2D eigenvalue weighted by Gasteiger charge is 2.25. The summed E-state index contributed by atoms with van der Waals surface area (Å²) >= 11 is 0. The molecular formula is C19H27N5O2. The minimum absolute atomic E-state index is 0.0546. The van der Waals surface area contributed by atoms with Gasteiger partial charge in [-0.05, 0) is 45.7 Å². The van der Waals surface area contributed by atoms with Gasteiger partial charge in [-0.25, -0.2) is 9.67 Å². The second-order valence-corrected chi connectivity index (χ2v) is 7.63. The summed E-state index contributed by atoms with van der Waals surface area (Å²) in [5.74, 6) is 0.147. The average molecular weight is 357 g/mol. The van der Waals surface area contributed by atoms with E-state index in [0.29, 0.717) is 11.4 Å². The highest BCUT2D eigenvalue weighted by atomic mass is 16.2. The molecule has 0 bridgehead atoms. The number of aromatic nitrogens is 3. The van der Waals surface area contributed by atoms with Crippen molar-refractivity contribution in [1.82, 2.24) is 25.4 Å². The molecule has 1 atom stereocenters. The van der Waals surface area contributed by atoms with Crippen molar-refractivity contribution in [3.8, 4) is 5.82 Å². The molecule has 7 heteroatoms. The van der Waals surface area contributed by atoms with Crippen molar-refractivity contribution < 1.29 is 9.59 Å². The molecule has 2 heterocycles. The van der Waals surface area contributed by atoms with Crippen LogP contribution in [0.2, 0.25) is 0 Å². The zero-order valence-electron chi connectivity index (χ0n) is 16.2. The molecule has 2 aromatic rings. The summed E-state index contributed by atoms with van der Waals surface area (Å²) in [6, 6.07) is 4.87. The largest absolute Gasteiger partial charge is 0.350 e. The lowest BCUT2D eigenvalue weighted by Crippen LogP contribution is -2.50. The number of carbonyl (C=O) groups excluding carboxylic acids is 2. The van der Waals surface area contributed by atoms with Crippen molar-refractivity contribution in [1.29, 1.82) is 0 Å². The van der Waals surface area contributed by atoms with Gasteiger partial charge in [0.25, 0.3) is 5.91 Å². The fourth-order valence-corrected chi connectivity index (χ4v) is 2.57. The Hall–Kier alpha value is -2.70. The number of nitrogens with zero attached hydrogens (tertiary/aromatic N) is 3. The Balaban J connectivity index is 2.24. The summed E-state index contributed by atoms with van der Waals surface area (Å²) in [7, 11) is 0. The smallest absolute Gasteiger partial charge is 0.255 e. The van der Waals surface area contributed by atoms with Crippen LogP contribution in [0.1, 0.15) is 63.5 Å². The fourth-order valence-electron chi connectivity index (χ4n) is 2.57. The van der Waals surface area contributed by atoms with Gasteiger partial charge in [0, 0.05) is 11.7 Å². The van der Waals surface area contributed by atoms with Crippen molar-refractivity contribution in [3.63, 3.8) is 0 Å². The van der Waals surface area contributed by atoms with E-state index < -0.39 is 6.04 Å². The van der Waals surface area contributed by atoms with Gasteiger partial charge >= 0.3 is 0 Å². The lowest BCUT2D eigenvalue weighted by molar-refractivity contribution is -0.124. The first-order valence-corrected chi connectivity index (χ1v) is 8.72. The normalized spacial score (nSPS) is 12.7.